The third kappa shape index (κ3) is 3.98. The van der Waals surface area contributed by atoms with Crippen molar-refractivity contribution in [2.45, 2.75) is 38.9 Å². The van der Waals surface area contributed by atoms with Crippen LogP contribution in [0.1, 0.15) is 20.8 Å². The van der Waals surface area contributed by atoms with Crippen molar-refractivity contribution in [2.75, 3.05) is 0 Å². The first-order valence-corrected chi connectivity index (χ1v) is 9.99. The molecule has 0 saturated carbocycles. The molecule has 0 spiro atoms. The summed E-state index contributed by atoms with van der Waals surface area (Å²) in [5.74, 6) is -0.463. The lowest BCUT2D eigenvalue weighted by Crippen LogP contribution is -2.44. The molecule has 2 radical (unpaired) electrons. The Bertz CT molecular complexity index is 407. The molecule has 1 heterocycles. The first-order valence-electron chi connectivity index (χ1n) is 5.38. The first-order chi connectivity index (χ1) is 7.63. The maximum Gasteiger partial charge on any atom is 0.258 e. The Kier molecular flexibility index (Phi) is 4.68. The van der Waals surface area contributed by atoms with Crippen LogP contribution in [0.5, 0.6) is 0 Å². The van der Waals surface area contributed by atoms with E-state index in [-0.39, 0.29) is 14.8 Å². The fourth-order valence-electron chi connectivity index (χ4n) is 0.827. The highest BCUT2D eigenvalue weighted by molar-refractivity contribution is 9.10. The lowest BCUT2D eigenvalue weighted by atomic mass is 10.2. The molecule has 0 atom stereocenters. The molecular formula is C11H17BrFNOSi2. The molecule has 0 aliphatic carbocycles. The molecule has 0 aliphatic heterocycles. The van der Waals surface area contributed by atoms with Crippen molar-refractivity contribution in [3.63, 3.8) is 0 Å². The Morgan fingerprint density at radius 2 is 2.00 bits per heavy atom. The molecule has 0 unspecified atom stereocenters. The summed E-state index contributed by atoms with van der Waals surface area (Å²) < 4.78 is 19.9. The highest BCUT2D eigenvalue weighted by atomic mass is 79.9. The van der Waals surface area contributed by atoms with Gasteiger partial charge >= 0.3 is 0 Å². The number of rotatable bonds is 3. The normalized spacial score (nSPS) is 12.9. The van der Waals surface area contributed by atoms with Gasteiger partial charge < -0.3 is 4.12 Å². The van der Waals surface area contributed by atoms with Crippen molar-refractivity contribution < 1.29 is 8.51 Å². The summed E-state index contributed by atoms with van der Waals surface area (Å²) in [5, 5.41) is 1.00. The Balaban J connectivity index is 2.77. The van der Waals surface area contributed by atoms with Gasteiger partial charge in [-0.3, -0.25) is 0 Å². The number of halogens is 2. The van der Waals surface area contributed by atoms with Gasteiger partial charge in [-0.15, -0.1) is 0 Å². The van der Waals surface area contributed by atoms with Gasteiger partial charge in [-0.1, -0.05) is 20.8 Å². The van der Waals surface area contributed by atoms with Crippen LogP contribution in [0, 0.1) is 5.95 Å². The van der Waals surface area contributed by atoms with E-state index in [1.807, 2.05) is 0 Å². The average molecular weight is 334 g/mol. The van der Waals surface area contributed by atoms with Crippen molar-refractivity contribution >= 4 is 39.2 Å². The topological polar surface area (TPSA) is 22.1 Å². The number of nitrogens with zero attached hydrogens (tertiary/aromatic N) is 1. The van der Waals surface area contributed by atoms with Crippen molar-refractivity contribution in [2.24, 2.45) is 0 Å². The highest BCUT2D eigenvalue weighted by Crippen LogP contribution is 2.36. The molecular weight excluding hydrogens is 317 g/mol. The molecule has 0 saturated heterocycles. The number of hydrogen-bond donors (Lipinski definition) is 0. The van der Waals surface area contributed by atoms with Crippen LogP contribution in [0.3, 0.4) is 0 Å². The summed E-state index contributed by atoms with van der Waals surface area (Å²) in [6, 6.07) is 1.43. The van der Waals surface area contributed by atoms with Gasteiger partial charge in [-0.25, -0.2) is 4.98 Å². The van der Waals surface area contributed by atoms with E-state index in [1.165, 1.54) is 12.3 Å². The first kappa shape index (κ1) is 15.0. The SMILES string of the molecule is CC(C)(C)[Si](C)(C)O[Si]c1cc(F)ncc1Br. The van der Waals surface area contributed by atoms with E-state index in [0.29, 0.717) is 0 Å². The van der Waals surface area contributed by atoms with Gasteiger partial charge in [0.05, 0.1) is 0 Å². The van der Waals surface area contributed by atoms with Crippen LogP contribution in [0.15, 0.2) is 16.7 Å². The number of hydrogen-bond acceptors (Lipinski definition) is 2. The van der Waals surface area contributed by atoms with E-state index in [4.69, 9.17) is 4.12 Å². The van der Waals surface area contributed by atoms with Crippen LogP contribution in [0.2, 0.25) is 18.1 Å². The molecule has 0 aromatic carbocycles. The molecule has 0 bridgehead atoms. The molecule has 1 aromatic rings. The van der Waals surface area contributed by atoms with Gasteiger partial charge in [0.25, 0.3) is 9.76 Å². The summed E-state index contributed by atoms with van der Waals surface area (Å²) in [6.45, 7) is 10.9. The largest absolute Gasteiger partial charge is 0.452 e. The van der Waals surface area contributed by atoms with Gasteiger partial charge in [0, 0.05) is 10.7 Å². The number of aromatic nitrogens is 1. The van der Waals surface area contributed by atoms with Crippen molar-refractivity contribution in [3.8, 4) is 0 Å². The Morgan fingerprint density at radius 1 is 1.41 bits per heavy atom. The van der Waals surface area contributed by atoms with Crippen LogP contribution >= 0.6 is 15.9 Å². The zero-order valence-corrected chi connectivity index (χ0v) is 14.4. The van der Waals surface area contributed by atoms with Gasteiger partial charge in [-0.2, -0.15) is 4.39 Å². The van der Waals surface area contributed by atoms with Crippen LogP contribution in [-0.4, -0.2) is 23.1 Å². The van der Waals surface area contributed by atoms with E-state index >= 15 is 0 Å². The van der Waals surface area contributed by atoms with Crippen molar-refractivity contribution in [3.05, 3.63) is 22.7 Å². The molecule has 2 nitrogen and oxygen atoms in total. The zero-order valence-electron chi connectivity index (χ0n) is 10.8. The molecule has 6 heteroatoms. The molecule has 17 heavy (non-hydrogen) atoms. The predicted molar refractivity (Wildman–Crippen MR) is 75.6 cm³/mol. The minimum Gasteiger partial charge on any atom is -0.452 e. The maximum absolute atomic E-state index is 13.0. The van der Waals surface area contributed by atoms with Gasteiger partial charge in [0.15, 0.2) is 8.32 Å². The second-order valence-electron chi connectivity index (χ2n) is 5.45. The van der Waals surface area contributed by atoms with Gasteiger partial charge in [0.2, 0.25) is 5.95 Å². The summed E-state index contributed by atoms with van der Waals surface area (Å²) in [7, 11) is -1.62. The summed E-state index contributed by atoms with van der Waals surface area (Å²) in [4.78, 5) is 3.58. The fourth-order valence-corrected chi connectivity index (χ4v) is 4.31. The lowest BCUT2D eigenvalue weighted by molar-refractivity contribution is 0.522. The van der Waals surface area contributed by atoms with Gasteiger partial charge in [-0.05, 0) is 45.3 Å². The summed E-state index contributed by atoms with van der Waals surface area (Å²) >= 11 is 3.36. The smallest absolute Gasteiger partial charge is 0.258 e. The summed E-state index contributed by atoms with van der Waals surface area (Å²) in [5.41, 5.74) is 0. The highest BCUT2D eigenvalue weighted by Gasteiger charge is 2.36. The third-order valence-electron chi connectivity index (χ3n) is 3.04. The standard InChI is InChI=1S/C11H17BrFNOSi2/c1-11(2,3)17(4,5)15-16-9-6-10(13)14-7-8(9)12/h6-7H,1-5H3. The van der Waals surface area contributed by atoms with E-state index in [2.05, 4.69) is 54.8 Å². The van der Waals surface area contributed by atoms with Gasteiger partial charge in [0.1, 0.15) is 0 Å². The summed E-state index contributed by atoms with van der Waals surface area (Å²) in [6.07, 6.45) is 1.48. The molecule has 0 amide bonds. The minimum absolute atomic E-state index is 0.160. The third-order valence-corrected chi connectivity index (χ3v) is 10.7. The van der Waals surface area contributed by atoms with E-state index in [0.717, 1.165) is 9.66 Å². The zero-order chi connectivity index (χ0) is 13.3. The average Bonchev–Trinajstić information content (AvgIpc) is 2.18. The Labute approximate surface area is 114 Å². The van der Waals surface area contributed by atoms with Crippen molar-refractivity contribution in [1.82, 2.24) is 4.98 Å². The Morgan fingerprint density at radius 3 is 2.53 bits per heavy atom. The Hall–Kier alpha value is -0.0462. The molecule has 94 valence electrons. The fraction of sp³-hybridized carbons (Fsp3) is 0.545. The minimum atomic E-state index is -1.78. The maximum atomic E-state index is 13.0. The number of pyridine rings is 1. The van der Waals surface area contributed by atoms with Crippen LogP contribution < -0.4 is 5.19 Å². The molecule has 1 rings (SSSR count). The monoisotopic (exact) mass is 333 g/mol. The quantitative estimate of drug-likeness (QED) is 0.625. The van der Waals surface area contributed by atoms with E-state index in [1.54, 1.807) is 0 Å². The molecule has 0 N–H and O–H groups in total. The molecule has 0 aliphatic rings. The predicted octanol–water partition coefficient (Wildman–Crippen LogP) is 3.25. The van der Waals surface area contributed by atoms with E-state index in [9.17, 15) is 4.39 Å². The molecule has 0 fully saturated rings. The lowest BCUT2D eigenvalue weighted by Gasteiger charge is -2.36. The molecule has 1 aromatic heterocycles. The second-order valence-corrected chi connectivity index (χ2v) is 12.4. The second kappa shape index (κ2) is 5.30. The van der Waals surface area contributed by atoms with Crippen LogP contribution in [0.4, 0.5) is 4.39 Å². The van der Waals surface area contributed by atoms with E-state index < -0.39 is 14.3 Å². The van der Waals surface area contributed by atoms with Crippen LogP contribution in [0.25, 0.3) is 0 Å². The van der Waals surface area contributed by atoms with Crippen LogP contribution in [-0.2, 0) is 4.12 Å². The van der Waals surface area contributed by atoms with Crippen molar-refractivity contribution in [1.29, 1.82) is 0 Å².